The molecule has 0 aromatic heterocycles. The number of nitrogens with zero attached hydrogens (tertiary/aromatic N) is 1. The first-order valence-electron chi connectivity index (χ1n) is 6.29. The maximum atomic E-state index is 12.0. The van der Waals surface area contributed by atoms with Crippen LogP contribution in [0.1, 0.15) is 40.0 Å². The Labute approximate surface area is 112 Å². The maximum Gasteiger partial charge on any atom is 0.319 e. The molecule has 0 saturated heterocycles. The minimum Gasteiger partial charge on any atom is -0.480 e. The van der Waals surface area contributed by atoms with Gasteiger partial charge in [0, 0.05) is 13.6 Å². The van der Waals surface area contributed by atoms with Gasteiger partial charge in [-0.15, -0.1) is 0 Å². The number of aliphatic carboxylic acids is 1. The van der Waals surface area contributed by atoms with E-state index >= 15 is 0 Å². The summed E-state index contributed by atoms with van der Waals surface area (Å²) in [6.07, 6.45) is 0.811. The third-order valence-electron chi connectivity index (χ3n) is 2.99. The predicted octanol–water partition coefficient (Wildman–Crippen LogP) is 1.04. The highest BCUT2D eigenvalue weighted by atomic mass is 16.6. The summed E-state index contributed by atoms with van der Waals surface area (Å²) in [6, 6.07) is 0. The van der Waals surface area contributed by atoms with Crippen molar-refractivity contribution in [2.45, 2.75) is 45.6 Å². The number of carboxylic acid groups (broad SMARTS) is 1. The number of carbonyl (C=O) groups is 3. The number of carbonyl (C=O) groups excluding carboxylic acids is 2. The van der Waals surface area contributed by atoms with Gasteiger partial charge in [0.25, 0.3) is 0 Å². The van der Waals surface area contributed by atoms with Crippen LogP contribution in [-0.2, 0) is 19.1 Å². The molecule has 0 aliphatic heterocycles. The molecule has 6 heteroatoms. The molecule has 1 aliphatic carbocycles. The number of amides is 1. The van der Waals surface area contributed by atoms with Gasteiger partial charge >= 0.3 is 11.9 Å². The molecule has 108 valence electrons. The van der Waals surface area contributed by atoms with Crippen LogP contribution < -0.4 is 0 Å². The van der Waals surface area contributed by atoms with Crippen molar-refractivity contribution in [3.05, 3.63) is 0 Å². The summed E-state index contributed by atoms with van der Waals surface area (Å²) >= 11 is 0. The lowest BCUT2D eigenvalue weighted by Gasteiger charge is -2.23. The Morgan fingerprint density at radius 3 is 2.16 bits per heavy atom. The lowest BCUT2D eigenvalue weighted by atomic mass is 10.1. The van der Waals surface area contributed by atoms with E-state index in [2.05, 4.69) is 0 Å². The highest BCUT2D eigenvalue weighted by Crippen LogP contribution is 2.47. The Kier molecular flexibility index (Phi) is 4.22. The van der Waals surface area contributed by atoms with Crippen LogP contribution in [0.15, 0.2) is 0 Å². The molecule has 0 atom stereocenters. The molecule has 1 aliphatic rings. The van der Waals surface area contributed by atoms with Crippen molar-refractivity contribution >= 4 is 17.8 Å². The Morgan fingerprint density at radius 2 is 1.79 bits per heavy atom. The molecule has 0 spiro atoms. The molecule has 0 heterocycles. The second-order valence-corrected chi connectivity index (χ2v) is 5.95. The van der Waals surface area contributed by atoms with E-state index < -0.39 is 28.9 Å². The Hall–Kier alpha value is -1.59. The number of rotatable bonds is 5. The number of hydrogen-bond donors (Lipinski definition) is 1. The molecule has 0 radical (unpaired) electrons. The third kappa shape index (κ3) is 3.94. The Bertz CT molecular complexity index is 392. The fraction of sp³-hybridized carbons (Fsp3) is 0.769. The van der Waals surface area contributed by atoms with E-state index in [1.807, 2.05) is 0 Å². The number of ether oxygens (including phenoxy) is 1. The Balaban J connectivity index is 2.44. The minimum atomic E-state index is -1.25. The van der Waals surface area contributed by atoms with Crippen LogP contribution in [0.3, 0.4) is 0 Å². The van der Waals surface area contributed by atoms with Crippen LogP contribution in [0.4, 0.5) is 0 Å². The van der Waals surface area contributed by atoms with E-state index in [-0.39, 0.29) is 13.0 Å². The van der Waals surface area contributed by atoms with Crippen LogP contribution in [-0.4, -0.2) is 47.0 Å². The Morgan fingerprint density at radius 1 is 1.26 bits per heavy atom. The van der Waals surface area contributed by atoms with Crippen molar-refractivity contribution in [3.8, 4) is 0 Å². The topological polar surface area (TPSA) is 83.9 Å². The van der Waals surface area contributed by atoms with Crippen LogP contribution in [0, 0.1) is 5.41 Å². The summed E-state index contributed by atoms with van der Waals surface area (Å²) in [7, 11) is 1.51. The number of carboxylic acids is 1. The molecule has 0 aromatic rings. The largest absolute Gasteiger partial charge is 0.480 e. The van der Waals surface area contributed by atoms with Crippen LogP contribution in [0.25, 0.3) is 0 Å². The van der Waals surface area contributed by atoms with Gasteiger partial charge in [-0.05, 0) is 33.6 Å². The average Bonchev–Trinajstić information content (AvgIpc) is 3.03. The van der Waals surface area contributed by atoms with Gasteiger partial charge in [0.05, 0.1) is 6.42 Å². The standard InChI is InChI=1S/C13H21NO5/c1-12(2,3)19-9(15)5-8-14(4)10(16)13(6-7-13)11(17)18/h5-8H2,1-4H3,(H,17,18). The van der Waals surface area contributed by atoms with Gasteiger partial charge in [-0.3, -0.25) is 14.4 Å². The summed E-state index contributed by atoms with van der Waals surface area (Å²) in [6.45, 7) is 5.47. The molecule has 0 unspecified atom stereocenters. The van der Waals surface area contributed by atoms with E-state index in [0.717, 1.165) is 0 Å². The maximum absolute atomic E-state index is 12.0. The third-order valence-corrected chi connectivity index (χ3v) is 2.99. The minimum absolute atomic E-state index is 0.0647. The van der Waals surface area contributed by atoms with E-state index in [0.29, 0.717) is 12.8 Å². The van der Waals surface area contributed by atoms with Crippen molar-refractivity contribution in [2.75, 3.05) is 13.6 Å². The average molecular weight is 271 g/mol. The summed E-state index contributed by atoms with van der Waals surface area (Å²) in [5, 5.41) is 9.01. The molecule has 1 amide bonds. The van der Waals surface area contributed by atoms with Crippen LogP contribution in [0.2, 0.25) is 0 Å². The SMILES string of the molecule is CN(CCC(=O)OC(C)(C)C)C(=O)C1(C(=O)O)CC1. The first-order valence-corrected chi connectivity index (χ1v) is 6.29. The fourth-order valence-corrected chi connectivity index (χ4v) is 1.76. The second kappa shape index (κ2) is 5.19. The summed E-state index contributed by atoms with van der Waals surface area (Å²) < 4.78 is 5.12. The molecule has 0 aromatic carbocycles. The fourth-order valence-electron chi connectivity index (χ4n) is 1.76. The first kappa shape index (κ1) is 15.5. The highest BCUT2D eigenvalue weighted by Gasteiger charge is 2.58. The van der Waals surface area contributed by atoms with Crippen LogP contribution >= 0.6 is 0 Å². The quantitative estimate of drug-likeness (QED) is 0.596. The predicted molar refractivity (Wildman–Crippen MR) is 67.4 cm³/mol. The second-order valence-electron chi connectivity index (χ2n) is 5.95. The molecule has 1 fully saturated rings. The van der Waals surface area contributed by atoms with E-state index in [1.165, 1.54) is 11.9 Å². The zero-order chi connectivity index (χ0) is 14.8. The van der Waals surface area contributed by atoms with Gasteiger partial charge in [-0.25, -0.2) is 0 Å². The molecule has 19 heavy (non-hydrogen) atoms. The number of hydrogen-bond acceptors (Lipinski definition) is 4. The molecule has 1 N–H and O–H groups in total. The van der Waals surface area contributed by atoms with Gasteiger partial charge in [-0.2, -0.15) is 0 Å². The lowest BCUT2D eigenvalue weighted by molar-refractivity contribution is -0.155. The van der Waals surface area contributed by atoms with Crippen LogP contribution in [0.5, 0.6) is 0 Å². The molecular formula is C13H21NO5. The van der Waals surface area contributed by atoms with Gasteiger partial charge in [-0.1, -0.05) is 0 Å². The van der Waals surface area contributed by atoms with Crippen molar-refractivity contribution in [1.29, 1.82) is 0 Å². The van der Waals surface area contributed by atoms with E-state index in [4.69, 9.17) is 9.84 Å². The van der Waals surface area contributed by atoms with Gasteiger partial charge in [0.1, 0.15) is 11.0 Å². The monoisotopic (exact) mass is 271 g/mol. The van der Waals surface area contributed by atoms with Crippen molar-refractivity contribution < 1.29 is 24.2 Å². The molecule has 0 bridgehead atoms. The van der Waals surface area contributed by atoms with Crippen molar-refractivity contribution in [2.24, 2.45) is 5.41 Å². The number of esters is 1. The zero-order valence-electron chi connectivity index (χ0n) is 11.9. The normalized spacial score (nSPS) is 16.6. The highest BCUT2D eigenvalue weighted by molar-refractivity contribution is 6.04. The summed E-state index contributed by atoms with van der Waals surface area (Å²) in [5.41, 5.74) is -1.80. The van der Waals surface area contributed by atoms with Crippen molar-refractivity contribution in [1.82, 2.24) is 4.90 Å². The molecule has 6 nitrogen and oxygen atoms in total. The molecular weight excluding hydrogens is 250 g/mol. The molecule has 1 saturated carbocycles. The first-order chi connectivity index (χ1) is 8.58. The van der Waals surface area contributed by atoms with Gasteiger partial charge < -0.3 is 14.7 Å². The summed E-state index contributed by atoms with van der Waals surface area (Å²) in [5.74, 6) is -1.91. The smallest absolute Gasteiger partial charge is 0.319 e. The van der Waals surface area contributed by atoms with E-state index in [9.17, 15) is 14.4 Å². The molecule has 1 rings (SSSR count). The zero-order valence-corrected chi connectivity index (χ0v) is 11.9. The van der Waals surface area contributed by atoms with Gasteiger partial charge in [0.15, 0.2) is 0 Å². The van der Waals surface area contributed by atoms with Crippen molar-refractivity contribution in [3.63, 3.8) is 0 Å². The lowest BCUT2D eigenvalue weighted by Crippen LogP contribution is -2.39. The van der Waals surface area contributed by atoms with E-state index in [1.54, 1.807) is 20.8 Å². The van der Waals surface area contributed by atoms with Gasteiger partial charge in [0.2, 0.25) is 5.91 Å². The summed E-state index contributed by atoms with van der Waals surface area (Å²) in [4.78, 5) is 35.8.